The topological polar surface area (TPSA) is 129 Å². The summed E-state index contributed by atoms with van der Waals surface area (Å²) >= 11 is 0. The number of hydrogen-bond acceptors (Lipinski definition) is 6. The van der Waals surface area contributed by atoms with Crippen LogP contribution in [-0.2, 0) is 4.79 Å². The minimum Gasteiger partial charge on any atom is -0.496 e. The average molecular weight is 550 g/mol. The molecule has 41 heavy (non-hydrogen) atoms. The van der Waals surface area contributed by atoms with E-state index in [1.54, 1.807) is 43.6 Å². The summed E-state index contributed by atoms with van der Waals surface area (Å²) in [6, 6.07) is 16.2. The molecule has 3 bridgehead atoms. The van der Waals surface area contributed by atoms with Gasteiger partial charge in [-0.1, -0.05) is 6.07 Å². The van der Waals surface area contributed by atoms with E-state index in [1.165, 1.54) is 0 Å². The number of methoxy groups -OCH3 is 1. The number of carbonyl (C=O) groups is 2. The van der Waals surface area contributed by atoms with E-state index < -0.39 is 5.60 Å². The van der Waals surface area contributed by atoms with E-state index in [0.717, 1.165) is 55.1 Å². The molecule has 0 radical (unpaired) electrons. The molecule has 4 N–H and O–H groups in total. The van der Waals surface area contributed by atoms with Gasteiger partial charge in [-0.25, -0.2) is 9.97 Å². The SMILES string of the molecule is COc1cc(NC(=O)C23C[C@H]4CC25C[C@@](O)(C4)C[C@@H]5C3)ccc1-c1nc2ccc(C(=O)Nc3ccccn3)cc2[nH]1. The summed E-state index contributed by atoms with van der Waals surface area (Å²) in [6.07, 6.45) is 6.94. The molecule has 4 aliphatic carbocycles. The number of pyridine rings is 1. The molecular weight excluding hydrogens is 518 g/mol. The summed E-state index contributed by atoms with van der Waals surface area (Å²) in [4.78, 5) is 38.7. The van der Waals surface area contributed by atoms with Crippen LogP contribution in [0.4, 0.5) is 11.5 Å². The lowest BCUT2D eigenvalue weighted by Crippen LogP contribution is -2.58. The van der Waals surface area contributed by atoms with Crippen molar-refractivity contribution < 1.29 is 19.4 Å². The van der Waals surface area contributed by atoms with E-state index in [9.17, 15) is 14.7 Å². The number of benzene rings is 2. The molecule has 2 heterocycles. The lowest BCUT2D eigenvalue weighted by atomic mass is 9.46. The van der Waals surface area contributed by atoms with Gasteiger partial charge in [-0.3, -0.25) is 9.59 Å². The Morgan fingerprint density at radius 3 is 2.76 bits per heavy atom. The Hall–Kier alpha value is -4.24. The van der Waals surface area contributed by atoms with Gasteiger partial charge in [0.05, 0.1) is 34.7 Å². The highest BCUT2D eigenvalue weighted by molar-refractivity contribution is 6.05. The van der Waals surface area contributed by atoms with Crippen LogP contribution in [0.15, 0.2) is 60.8 Å². The molecule has 0 saturated heterocycles. The Bertz CT molecular complexity index is 1730. The van der Waals surface area contributed by atoms with Gasteiger partial charge in [0.2, 0.25) is 5.91 Å². The summed E-state index contributed by atoms with van der Waals surface area (Å²) in [6.45, 7) is 0. The first kappa shape index (κ1) is 24.5. The van der Waals surface area contributed by atoms with Crippen molar-refractivity contribution in [2.75, 3.05) is 17.7 Å². The fourth-order valence-corrected chi connectivity index (χ4v) is 8.95. The largest absolute Gasteiger partial charge is 0.496 e. The zero-order valence-electron chi connectivity index (χ0n) is 22.7. The Kier molecular flexibility index (Phi) is 5.02. The number of nitrogens with one attached hydrogen (secondary N) is 3. The van der Waals surface area contributed by atoms with Crippen molar-refractivity contribution in [3.63, 3.8) is 0 Å². The first-order valence-corrected chi connectivity index (χ1v) is 14.2. The molecule has 4 aromatic rings. The number of rotatable bonds is 6. The highest BCUT2D eigenvalue weighted by Gasteiger charge is 2.79. The summed E-state index contributed by atoms with van der Waals surface area (Å²) in [5.74, 6) is 2.40. The van der Waals surface area contributed by atoms with Crippen LogP contribution in [0.1, 0.15) is 48.9 Å². The van der Waals surface area contributed by atoms with Crippen molar-refractivity contribution in [1.29, 1.82) is 0 Å². The third kappa shape index (κ3) is 3.51. The molecule has 1 spiro atoms. The van der Waals surface area contributed by atoms with Crippen molar-refractivity contribution in [2.45, 2.75) is 44.1 Å². The quantitative estimate of drug-likeness (QED) is 0.263. The number of hydrogen-bond donors (Lipinski definition) is 4. The first-order valence-electron chi connectivity index (χ1n) is 14.2. The minimum atomic E-state index is -0.562. The second-order valence-electron chi connectivity index (χ2n) is 12.6. The lowest BCUT2D eigenvalue weighted by Gasteiger charge is -2.57. The van der Waals surface area contributed by atoms with E-state index in [2.05, 4.69) is 20.6 Å². The van der Waals surface area contributed by atoms with Gasteiger partial charge in [0.15, 0.2) is 0 Å². The van der Waals surface area contributed by atoms with Gasteiger partial charge in [0, 0.05) is 23.5 Å². The number of aromatic amines is 1. The predicted octanol–water partition coefficient (Wildman–Crippen LogP) is 5.16. The maximum atomic E-state index is 13.8. The highest BCUT2D eigenvalue weighted by Crippen LogP contribution is 2.82. The minimum absolute atomic E-state index is 0.0274. The smallest absolute Gasteiger partial charge is 0.256 e. The molecule has 2 amide bonds. The van der Waals surface area contributed by atoms with Crippen molar-refractivity contribution in [3.05, 3.63) is 66.4 Å². The van der Waals surface area contributed by atoms with Gasteiger partial charge in [-0.15, -0.1) is 0 Å². The summed E-state index contributed by atoms with van der Waals surface area (Å²) < 4.78 is 5.72. The van der Waals surface area contributed by atoms with Crippen molar-refractivity contribution >= 4 is 34.4 Å². The highest BCUT2D eigenvalue weighted by atomic mass is 16.5. The number of imidazole rings is 1. The number of anilines is 2. The third-order valence-corrected chi connectivity index (χ3v) is 10.4. The molecule has 2 aromatic heterocycles. The third-order valence-electron chi connectivity index (χ3n) is 10.4. The Labute approximate surface area is 236 Å². The van der Waals surface area contributed by atoms with Crippen molar-refractivity contribution in [3.8, 4) is 17.1 Å². The molecular formula is C32H31N5O4. The Morgan fingerprint density at radius 1 is 1.02 bits per heavy atom. The van der Waals surface area contributed by atoms with Gasteiger partial charge >= 0.3 is 0 Å². The van der Waals surface area contributed by atoms with E-state index in [1.807, 2.05) is 24.3 Å². The molecule has 8 rings (SSSR count). The molecule has 5 atom stereocenters. The average Bonchev–Trinajstić information content (AvgIpc) is 3.52. The van der Waals surface area contributed by atoms with E-state index >= 15 is 0 Å². The number of nitrogens with zero attached hydrogens (tertiary/aromatic N) is 2. The van der Waals surface area contributed by atoms with Crippen LogP contribution in [0, 0.1) is 22.7 Å². The second kappa shape index (κ2) is 8.39. The molecule has 4 aliphatic rings. The molecule has 9 heteroatoms. The van der Waals surface area contributed by atoms with E-state index in [-0.39, 0.29) is 22.6 Å². The van der Waals surface area contributed by atoms with Crippen LogP contribution in [0.5, 0.6) is 5.75 Å². The first-order chi connectivity index (χ1) is 19.8. The van der Waals surface area contributed by atoms with Crippen LogP contribution in [0.2, 0.25) is 0 Å². The van der Waals surface area contributed by atoms with E-state index in [0.29, 0.717) is 40.5 Å². The van der Waals surface area contributed by atoms with Crippen LogP contribution >= 0.6 is 0 Å². The van der Waals surface area contributed by atoms with Gasteiger partial charge in [0.25, 0.3) is 5.91 Å². The summed E-state index contributed by atoms with van der Waals surface area (Å²) in [5.41, 5.74) is 2.40. The van der Waals surface area contributed by atoms with Crippen LogP contribution < -0.4 is 15.4 Å². The van der Waals surface area contributed by atoms with Crippen LogP contribution in [0.25, 0.3) is 22.4 Å². The fraction of sp³-hybridized carbons (Fsp3) is 0.375. The number of amides is 2. The maximum Gasteiger partial charge on any atom is 0.256 e. The normalized spacial score (nSPS) is 30.6. The van der Waals surface area contributed by atoms with E-state index in [4.69, 9.17) is 9.72 Å². The van der Waals surface area contributed by atoms with Crippen molar-refractivity contribution in [1.82, 2.24) is 15.0 Å². The Morgan fingerprint density at radius 2 is 1.93 bits per heavy atom. The molecule has 9 nitrogen and oxygen atoms in total. The summed E-state index contributed by atoms with van der Waals surface area (Å²) in [5, 5.41) is 17.1. The molecule has 208 valence electrons. The molecule has 0 aliphatic heterocycles. The van der Waals surface area contributed by atoms with Crippen LogP contribution in [0.3, 0.4) is 0 Å². The molecule has 2 aromatic carbocycles. The number of aliphatic hydroxyl groups is 1. The van der Waals surface area contributed by atoms with Gasteiger partial charge in [-0.2, -0.15) is 0 Å². The number of carbonyl (C=O) groups excluding carboxylic acids is 2. The van der Waals surface area contributed by atoms with Gasteiger partial charge in [-0.05, 0) is 98.2 Å². The summed E-state index contributed by atoms with van der Waals surface area (Å²) in [7, 11) is 1.60. The maximum absolute atomic E-state index is 13.8. The lowest BCUT2D eigenvalue weighted by molar-refractivity contribution is -0.155. The number of fused-ring (bicyclic) bond motifs is 3. The van der Waals surface area contributed by atoms with Gasteiger partial charge < -0.3 is 25.5 Å². The second-order valence-corrected chi connectivity index (χ2v) is 12.6. The standard InChI is InChI=1S/C32H31N5O4/c1-41-25-11-21(34-29(39)31-13-18-12-30(40)15-20(16-31)32(31,14-18)17-30)6-7-22(25)27-35-23-8-5-19(10-24(23)36-27)28(38)37-26-4-2-3-9-33-26/h2-11,18,20,40H,12-17H2,1H3,(H,34,39)(H,35,36)(H,33,37,38)/t18-,20+,30+,31?,32?/m0/s1. The number of H-pyrrole nitrogens is 1. The molecule has 4 fully saturated rings. The van der Waals surface area contributed by atoms with Crippen LogP contribution in [-0.4, -0.2) is 44.6 Å². The Balaban J connectivity index is 1.04. The molecule has 4 saturated carbocycles. The number of ether oxygens (including phenoxy) is 1. The fourth-order valence-electron chi connectivity index (χ4n) is 8.95. The monoisotopic (exact) mass is 549 g/mol. The predicted molar refractivity (Wildman–Crippen MR) is 153 cm³/mol. The zero-order chi connectivity index (χ0) is 28.0. The van der Waals surface area contributed by atoms with Gasteiger partial charge in [0.1, 0.15) is 17.4 Å². The zero-order valence-corrected chi connectivity index (χ0v) is 22.7. The number of aromatic nitrogens is 3. The molecule has 2 unspecified atom stereocenters. The van der Waals surface area contributed by atoms with Crippen molar-refractivity contribution in [2.24, 2.45) is 22.7 Å².